The van der Waals surface area contributed by atoms with Crippen LogP contribution in [-0.4, -0.2) is 28.6 Å². The van der Waals surface area contributed by atoms with Crippen LogP contribution in [0.5, 0.6) is 0 Å². The second-order valence-electron chi connectivity index (χ2n) is 7.07. The van der Waals surface area contributed by atoms with Gasteiger partial charge in [0, 0.05) is 17.6 Å². The average molecular weight is 472 g/mol. The maximum atomic E-state index is 13.6. The van der Waals surface area contributed by atoms with Crippen molar-refractivity contribution in [3.05, 3.63) is 114 Å². The van der Waals surface area contributed by atoms with Gasteiger partial charge in [-0.25, -0.2) is 8.78 Å². The van der Waals surface area contributed by atoms with Crippen LogP contribution in [-0.2, 0) is 13.1 Å². The molecule has 0 radical (unpaired) electrons. The Bertz CT molecular complexity index is 878. The second-order valence-corrected chi connectivity index (χ2v) is 7.93. The lowest BCUT2D eigenvalue weighted by Crippen LogP contribution is -2.45. The van der Waals surface area contributed by atoms with E-state index in [0.717, 1.165) is 16.7 Å². The number of halogens is 3. The Balaban J connectivity index is 1.98. The summed E-state index contributed by atoms with van der Waals surface area (Å²) in [5.41, 5.74) is 2.84. The molecule has 0 aliphatic rings. The zero-order valence-corrected chi connectivity index (χ0v) is 18.0. The Kier molecular flexibility index (Phi) is 8.31. The highest BCUT2D eigenvalue weighted by Gasteiger charge is 2.31. The fourth-order valence-corrected chi connectivity index (χ4v) is 3.85. The van der Waals surface area contributed by atoms with E-state index in [2.05, 4.69) is 15.9 Å². The molecule has 5 heteroatoms. The van der Waals surface area contributed by atoms with Crippen molar-refractivity contribution in [2.75, 3.05) is 0 Å². The molecule has 0 aliphatic carbocycles. The summed E-state index contributed by atoms with van der Waals surface area (Å²) < 4.78 is 28.0. The molecule has 0 saturated carbocycles. The molecule has 3 aromatic carbocycles. The summed E-state index contributed by atoms with van der Waals surface area (Å²) in [5.74, 6) is 0. The molecule has 3 rings (SSSR count). The molecule has 1 N–H and O–H groups in total. The zero-order chi connectivity index (χ0) is 21.3. The number of alkyl halides is 2. The molecular weight excluding hydrogens is 448 g/mol. The zero-order valence-electron chi connectivity index (χ0n) is 16.4. The van der Waals surface area contributed by atoms with Crippen molar-refractivity contribution in [2.45, 2.75) is 31.7 Å². The smallest absolute Gasteiger partial charge is 0.265 e. The molecule has 0 unspecified atom stereocenters. The van der Waals surface area contributed by atoms with Crippen molar-refractivity contribution in [1.29, 1.82) is 0 Å². The first-order chi connectivity index (χ1) is 14.5. The fraction of sp³-hybridized carbons (Fsp3) is 0.200. The van der Waals surface area contributed by atoms with E-state index in [0.29, 0.717) is 17.6 Å². The van der Waals surface area contributed by atoms with E-state index in [-0.39, 0.29) is 0 Å². The van der Waals surface area contributed by atoms with Crippen LogP contribution in [0.15, 0.2) is 97.1 Å². The van der Waals surface area contributed by atoms with E-state index in [9.17, 15) is 13.9 Å². The van der Waals surface area contributed by atoms with Crippen molar-refractivity contribution in [2.24, 2.45) is 0 Å². The van der Waals surface area contributed by atoms with Gasteiger partial charge in [-0.2, -0.15) is 0 Å². The lowest BCUT2D eigenvalue weighted by atomic mass is 10.0. The summed E-state index contributed by atoms with van der Waals surface area (Å²) in [6.07, 6.45) is -3.01. The maximum Gasteiger partial charge on any atom is 0.265 e. The van der Waals surface area contributed by atoms with Gasteiger partial charge in [0.25, 0.3) is 6.43 Å². The Morgan fingerprint density at radius 2 is 1.23 bits per heavy atom. The molecular formula is C25H24BrF2NO. The number of hydrogen-bond acceptors (Lipinski definition) is 2. The van der Waals surface area contributed by atoms with Gasteiger partial charge in [-0.1, -0.05) is 107 Å². The molecule has 3 aromatic rings. The Morgan fingerprint density at radius 3 is 1.67 bits per heavy atom. The molecule has 0 bridgehead atoms. The van der Waals surface area contributed by atoms with Gasteiger partial charge in [0.2, 0.25) is 0 Å². The Labute approximate surface area is 184 Å². The van der Waals surface area contributed by atoms with Gasteiger partial charge < -0.3 is 5.11 Å². The molecule has 0 spiro atoms. The summed E-state index contributed by atoms with van der Waals surface area (Å²) >= 11 is 3.52. The highest BCUT2D eigenvalue weighted by Crippen LogP contribution is 2.27. The van der Waals surface area contributed by atoms with Crippen LogP contribution in [0.3, 0.4) is 0 Å². The van der Waals surface area contributed by atoms with Crippen LogP contribution in [0.2, 0.25) is 0 Å². The summed E-state index contributed by atoms with van der Waals surface area (Å²) in [7, 11) is 0. The first-order valence-corrected chi connectivity index (χ1v) is 10.5. The van der Waals surface area contributed by atoms with Crippen LogP contribution in [0.25, 0.3) is 4.48 Å². The van der Waals surface area contributed by atoms with Gasteiger partial charge in [-0.15, -0.1) is 0 Å². The Morgan fingerprint density at radius 1 is 0.800 bits per heavy atom. The number of benzene rings is 3. The topological polar surface area (TPSA) is 23.5 Å². The first kappa shape index (κ1) is 22.3. The second kappa shape index (κ2) is 11.2. The summed E-state index contributed by atoms with van der Waals surface area (Å²) in [5, 5.41) is 10.5. The van der Waals surface area contributed by atoms with Crippen LogP contribution in [0.4, 0.5) is 8.78 Å². The van der Waals surface area contributed by atoms with E-state index < -0.39 is 18.6 Å². The summed E-state index contributed by atoms with van der Waals surface area (Å²) in [4.78, 5) is 1.88. The molecule has 0 fully saturated rings. The minimum atomic E-state index is -2.86. The maximum absolute atomic E-state index is 13.6. The highest BCUT2D eigenvalue weighted by molar-refractivity contribution is 9.15. The van der Waals surface area contributed by atoms with E-state index in [1.807, 2.05) is 95.9 Å². The third-order valence-corrected chi connectivity index (χ3v) is 5.58. The normalized spacial score (nSPS) is 14.1. The van der Waals surface area contributed by atoms with Crippen LogP contribution >= 0.6 is 15.9 Å². The van der Waals surface area contributed by atoms with Gasteiger partial charge in [-0.3, -0.25) is 4.90 Å². The number of hydrogen-bond donors (Lipinski definition) is 1. The lowest BCUT2D eigenvalue weighted by molar-refractivity contribution is -0.0472. The third-order valence-electron chi connectivity index (χ3n) is 4.85. The summed E-state index contributed by atoms with van der Waals surface area (Å²) in [6.45, 7) is 0.853. The van der Waals surface area contributed by atoms with E-state index in [4.69, 9.17) is 0 Å². The van der Waals surface area contributed by atoms with Crippen molar-refractivity contribution in [3.63, 3.8) is 0 Å². The molecule has 0 aromatic heterocycles. The number of rotatable bonds is 9. The van der Waals surface area contributed by atoms with Gasteiger partial charge >= 0.3 is 0 Å². The van der Waals surface area contributed by atoms with Gasteiger partial charge in [-0.05, 0) is 22.8 Å². The quantitative estimate of drug-likeness (QED) is 0.406. The molecule has 0 heterocycles. The van der Waals surface area contributed by atoms with Gasteiger partial charge in [0.05, 0.1) is 6.04 Å². The fourth-order valence-electron chi connectivity index (χ4n) is 3.32. The monoisotopic (exact) mass is 471 g/mol. The predicted octanol–water partition coefficient (Wildman–Crippen LogP) is 6.12. The summed E-state index contributed by atoms with van der Waals surface area (Å²) in [6, 6.07) is 27.9. The standard InChI is InChI=1S/C25H24BrF2NO/c26-22(21-14-8-3-9-15-21)16-23(24(30)25(27)28)29(17-19-10-4-1-5-11-19)18-20-12-6-2-7-13-20/h1-16,23-25,30H,17-18H2/b22-16-/t23-,24-/m1/s1. The molecule has 0 saturated heterocycles. The largest absolute Gasteiger partial charge is 0.385 e. The molecule has 30 heavy (non-hydrogen) atoms. The predicted molar refractivity (Wildman–Crippen MR) is 121 cm³/mol. The van der Waals surface area contributed by atoms with Crippen molar-refractivity contribution < 1.29 is 13.9 Å². The molecule has 156 valence electrons. The average Bonchev–Trinajstić information content (AvgIpc) is 2.78. The van der Waals surface area contributed by atoms with Crippen molar-refractivity contribution in [1.82, 2.24) is 4.90 Å². The van der Waals surface area contributed by atoms with Crippen LogP contribution in [0, 0.1) is 0 Å². The minimum absolute atomic E-state index is 0.426. The first-order valence-electron chi connectivity index (χ1n) is 9.75. The molecule has 2 nitrogen and oxygen atoms in total. The van der Waals surface area contributed by atoms with E-state index in [1.54, 1.807) is 6.08 Å². The molecule has 0 amide bonds. The van der Waals surface area contributed by atoms with Crippen LogP contribution < -0.4 is 0 Å². The third kappa shape index (κ3) is 6.33. The minimum Gasteiger partial charge on any atom is -0.385 e. The van der Waals surface area contributed by atoms with E-state index in [1.165, 1.54) is 0 Å². The van der Waals surface area contributed by atoms with Crippen LogP contribution in [0.1, 0.15) is 16.7 Å². The van der Waals surface area contributed by atoms with Gasteiger partial charge in [0.15, 0.2) is 0 Å². The SMILES string of the molecule is O[C@@H](C(F)F)[C@@H](/C=C(\Br)c1ccccc1)N(Cc1ccccc1)Cc1ccccc1. The molecule has 2 atom stereocenters. The number of nitrogens with zero attached hydrogens (tertiary/aromatic N) is 1. The Hall–Kier alpha value is -2.34. The number of aliphatic hydroxyl groups excluding tert-OH is 1. The highest BCUT2D eigenvalue weighted by atomic mass is 79.9. The molecule has 0 aliphatic heterocycles. The van der Waals surface area contributed by atoms with Gasteiger partial charge in [0.1, 0.15) is 6.10 Å². The van der Waals surface area contributed by atoms with Crippen molar-refractivity contribution >= 4 is 20.4 Å². The number of aliphatic hydroxyl groups is 1. The van der Waals surface area contributed by atoms with Crippen molar-refractivity contribution in [3.8, 4) is 0 Å². The lowest BCUT2D eigenvalue weighted by Gasteiger charge is -2.33. The van der Waals surface area contributed by atoms with E-state index >= 15 is 0 Å².